The maximum absolute atomic E-state index is 12.0. The molecule has 1 rings (SSSR count). The van der Waals surface area contributed by atoms with Gasteiger partial charge in [-0.3, -0.25) is 10.1 Å². The van der Waals surface area contributed by atoms with Gasteiger partial charge in [0.25, 0.3) is 5.69 Å². The van der Waals surface area contributed by atoms with Gasteiger partial charge in [-0.05, 0) is 53.0 Å². The van der Waals surface area contributed by atoms with E-state index in [0.29, 0.717) is 19.5 Å². The molecule has 9 nitrogen and oxygen atoms in total. The van der Waals surface area contributed by atoms with E-state index in [0.717, 1.165) is 12.8 Å². The Morgan fingerprint density at radius 2 is 1.82 bits per heavy atom. The van der Waals surface area contributed by atoms with Gasteiger partial charge in [0.15, 0.2) is 0 Å². The van der Waals surface area contributed by atoms with Crippen molar-refractivity contribution in [3.05, 3.63) is 33.9 Å². The quantitative estimate of drug-likeness (QED) is 0.267. The molecule has 28 heavy (non-hydrogen) atoms. The molecule has 1 aromatic rings. The number of ether oxygens (including phenoxy) is 2. The SMILES string of the molecule is CCOC(=O)c1cccc([N+](=O)[O-])c1NCCCCCNC(=O)OC(C)(C)C. The number of alkyl carbamates (subject to hydrolysis) is 1. The number of amides is 1. The van der Waals surface area contributed by atoms with Crippen LogP contribution in [0, 0.1) is 10.1 Å². The smallest absolute Gasteiger partial charge is 0.407 e. The van der Waals surface area contributed by atoms with Crippen LogP contribution >= 0.6 is 0 Å². The van der Waals surface area contributed by atoms with Gasteiger partial charge in [0.05, 0.1) is 17.1 Å². The predicted octanol–water partition coefficient (Wildman–Crippen LogP) is 3.88. The molecular weight excluding hydrogens is 366 g/mol. The number of para-hydroxylation sites is 1. The highest BCUT2D eigenvalue weighted by atomic mass is 16.6. The third-order valence-corrected chi connectivity index (χ3v) is 3.56. The highest BCUT2D eigenvalue weighted by Gasteiger charge is 2.22. The van der Waals surface area contributed by atoms with Crippen molar-refractivity contribution in [3.8, 4) is 0 Å². The lowest BCUT2D eigenvalue weighted by Crippen LogP contribution is -2.33. The largest absolute Gasteiger partial charge is 0.462 e. The first-order valence-corrected chi connectivity index (χ1v) is 9.31. The van der Waals surface area contributed by atoms with Gasteiger partial charge in [-0.15, -0.1) is 0 Å². The number of unbranched alkanes of at least 4 members (excludes halogenated alkanes) is 2. The molecule has 0 saturated heterocycles. The number of nitro benzene ring substituents is 1. The number of benzene rings is 1. The van der Waals surface area contributed by atoms with Gasteiger partial charge in [0.2, 0.25) is 0 Å². The maximum Gasteiger partial charge on any atom is 0.407 e. The summed E-state index contributed by atoms with van der Waals surface area (Å²) in [5, 5.41) is 16.9. The van der Waals surface area contributed by atoms with Gasteiger partial charge in [-0.2, -0.15) is 0 Å². The Morgan fingerprint density at radius 3 is 2.43 bits per heavy atom. The number of nitro groups is 1. The first kappa shape index (κ1) is 23.2. The molecule has 156 valence electrons. The zero-order valence-electron chi connectivity index (χ0n) is 16.9. The second kappa shape index (κ2) is 11.1. The molecule has 0 fully saturated rings. The summed E-state index contributed by atoms with van der Waals surface area (Å²) in [5.74, 6) is -0.602. The average Bonchev–Trinajstić information content (AvgIpc) is 2.59. The van der Waals surface area contributed by atoms with Gasteiger partial charge in [-0.25, -0.2) is 9.59 Å². The monoisotopic (exact) mass is 395 g/mol. The summed E-state index contributed by atoms with van der Waals surface area (Å²) in [4.78, 5) is 34.3. The van der Waals surface area contributed by atoms with Crippen LogP contribution in [0.25, 0.3) is 0 Å². The molecule has 0 aromatic heterocycles. The van der Waals surface area contributed by atoms with Crippen LogP contribution in [0.2, 0.25) is 0 Å². The van der Waals surface area contributed by atoms with E-state index in [-0.39, 0.29) is 23.5 Å². The molecule has 0 unspecified atom stereocenters. The molecule has 1 amide bonds. The molecule has 0 atom stereocenters. The van der Waals surface area contributed by atoms with E-state index in [1.165, 1.54) is 18.2 Å². The third kappa shape index (κ3) is 8.24. The fourth-order valence-corrected chi connectivity index (χ4v) is 2.40. The molecular formula is C19H29N3O6. The molecule has 0 saturated carbocycles. The number of rotatable bonds is 10. The van der Waals surface area contributed by atoms with Gasteiger partial charge in [-0.1, -0.05) is 6.07 Å². The second-order valence-corrected chi connectivity index (χ2v) is 7.09. The van der Waals surface area contributed by atoms with Crippen molar-refractivity contribution >= 4 is 23.4 Å². The van der Waals surface area contributed by atoms with Crippen molar-refractivity contribution in [2.45, 2.75) is 52.6 Å². The van der Waals surface area contributed by atoms with E-state index >= 15 is 0 Å². The van der Waals surface area contributed by atoms with Crippen molar-refractivity contribution < 1.29 is 24.0 Å². The molecule has 0 heterocycles. The van der Waals surface area contributed by atoms with Gasteiger partial charge in [0.1, 0.15) is 11.3 Å². The molecule has 0 spiro atoms. The molecule has 1 aromatic carbocycles. The Kier molecular flexibility index (Phi) is 9.20. The minimum atomic E-state index is -0.602. The maximum atomic E-state index is 12.0. The van der Waals surface area contributed by atoms with Crippen LogP contribution in [0.4, 0.5) is 16.2 Å². The number of nitrogens with zero attached hydrogens (tertiary/aromatic N) is 1. The van der Waals surface area contributed by atoms with Crippen molar-refractivity contribution in [2.75, 3.05) is 25.0 Å². The molecule has 0 aliphatic heterocycles. The Labute approximate surface area is 164 Å². The lowest BCUT2D eigenvalue weighted by molar-refractivity contribution is -0.384. The van der Waals surface area contributed by atoms with Crippen molar-refractivity contribution in [1.29, 1.82) is 0 Å². The number of anilines is 1. The van der Waals surface area contributed by atoms with Crippen molar-refractivity contribution in [2.24, 2.45) is 0 Å². The number of hydrogen-bond acceptors (Lipinski definition) is 7. The van der Waals surface area contributed by atoms with Crippen LogP contribution in [0.3, 0.4) is 0 Å². The summed E-state index contributed by atoms with van der Waals surface area (Å²) in [6.45, 7) is 8.18. The number of carbonyl (C=O) groups excluding carboxylic acids is 2. The minimum Gasteiger partial charge on any atom is -0.462 e. The summed E-state index contributed by atoms with van der Waals surface area (Å²) in [6, 6.07) is 4.30. The number of carbonyl (C=O) groups is 2. The average molecular weight is 395 g/mol. The Morgan fingerprint density at radius 1 is 1.14 bits per heavy atom. The highest BCUT2D eigenvalue weighted by molar-refractivity contribution is 5.98. The fourth-order valence-electron chi connectivity index (χ4n) is 2.40. The van der Waals surface area contributed by atoms with E-state index in [9.17, 15) is 19.7 Å². The van der Waals surface area contributed by atoms with Crippen molar-refractivity contribution in [3.63, 3.8) is 0 Å². The molecule has 9 heteroatoms. The standard InChI is InChI=1S/C19H29N3O6/c1-5-27-17(23)14-10-9-11-15(22(25)26)16(14)20-12-7-6-8-13-21-18(24)28-19(2,3)4/h9-11,20H,5-8,12-13H2,1-4H3,(H,21,24). The zero-order chi connectivity index (χ0) is 21.2. The van der Waals surface area contributed by atoms with E-state index in [1.54, 1.807) is 27.7 Å². The molecule has 2 N–H and O–H groups in total. The third-order valence-electron chi connectivity index (χ3n) is 3.56. The first-order valence-electron chi connectivity index (χ1n) is 9.31. The van der Waals surface area contributed by atoms with Crippen LogP contribution in [-0.2, 0) is 9.47 Å². The van der Waals surface area contributed by atoms with Crippen LogP contribution in [-0.4, -0.2) is 42.3 Å². The number of esters is 1. The summed E-state index contributed by atoms with van der Waals surface area (Å²) in [5.41, 5.74) is -0.396. The van der Waals surface area contributed by atoms with Gasteiger partial charge in [0, 0.05) is 19.2 Å². The summed E-state index contributed by atoms with van der Waals surface area (Å²) >= 11 is 0. The fraction of sp³-hybridized carbons (Fsp3) is 0.579. The normalized spacial score (nSPS) is 10.9. The molecule has 0 aliphatic carbocycles. The molecule has 0 aliphatic rings. The Bertz CT molecular complexity index is 685. The van der Waals surface area contributed by atoms with E-state index in [1.807, 2.05) is 0 Å². The van der Waals surface area contributed by atoms with Gasteiger partial charge >= 0.3 is 12.1 Å². The highest BCUT2D eigenvalue weighted by Crippen LogP contribution is 2.29. The second-order valence-electron chi connectivity index (χ2n) is 7.09. The lowest BCUT2D eigenvalue weighted by atomic mass is 10.1. The van der Waals surface area contributed by atoms with E-state index in [4.69, 9.17) is 9.47 Å². The zero-order valence-corrected chi connectivity index (χ0v) is 16.9. The summed E-state index contributed by atoms with van der Waals surface area (Å²) in [7, 11) is 0. The summed E-state index contributed by atoms with van der Waals surface area (Å²) < 4.78 is 10.1. The van der Waals surface area contributed by atoms with E-state index in [2.05, 4.69) is 10.6 Å². The predicted molar refractivity (Wildman–Crippen MR) is 106 cm³/mol. The Balaban J connectivity index is 2.49. The number of nitrogens with one attached hydrogen (secondary N) is 2. The topological polar surface area (TPSA) is 120 Å². The first-order chi connectivity index (χ1) is 13.2. The molecule has 0 bridgehead atoms. The van der Waals surface area contributed by atoms with Crippen LogP contribution in [0.1, 0.15) is 57.3 Å². The lowest BCUT2D eigenvalue weighted by Gasteiger charge is -2.19. The van der Waals surface area contributed by atoms with Crippen LogP contribution in [0.5, 0.6) is 0 Å². The number of hydrogen-bond donors (Lipinski definition) is 2. The van der Waals surface area contributed by atoms with Crippen LogP contribution < -0.4 is 10.6 Å². The molecule has 0 radical (unpaired) electrons. The Hall–Kier alpha value is -2.84. The minimum absolute atomic E-state index is 0.141. The van der Waals surface area contributed by atoms with Crippen molar-refractivity contribution in [1.82, 2.24) is 5.32 Å². The van der Waals surface area contributed by atoms with Gasteiger partial charge < -0.3 is 20.1 Å². The summed E-state index contributed by atoms with van der Waals surface area (Å²) in [6.07, 6.45) is 1.79. The van der Waals surface area contributed by atoms with Crippen LogP contribution in [0.15, 0.2) is 18.2 Å². The van der Waals surface area contributed by atoms with E-state index < -0.39 is 22.6 Å².